The quantitative estimate of drug-likeness (QED) is 0.215. The van der Waals surface area contributed by atoms with Crippen molar-refractivity contribution < 1.29 is 19.1 Å². The highest BCUT2D eigenvalue weighted by Gasteiger charge is 2.69. The van der Waals surface area contributed by atoms with Crippen molar-refractivity contribution in [3.63, 3.8) is 0 Å². The number of amides is 2. The molecule has 4 aromatic rings. The Kier molecular flexibility index (Phi) is 7.09. The Morgan fingerprint density at radius 3 is 2.42 bits per heavy atom. The second-order valence-electron chi connectivity index (χ2n) is 12.2. The summed E-state index contributed by atoms with van der Waals surface area (Å²) in [5, 5.41) is 2.04. The molecule has 0 spiro atoms. The third kappa shape index (κ3) is 4.57. The van der Waals surface area contributed by atoms with Gasteiger partial charge in [0.25, 0.3) is 0 Å². The van der Waals surface area contributed by atoms with Gasteiger partial charge in [-0.05, 0) is 73.1 Å². The van der Waals surface area contributed by atoms with Crippen molar-refractivity contribution in [2.24, 2.45) is 29.6 Å². The number of carbonyl (C=O) groups excluding carboxylic acids is 2. The number of carbonyl (C=O) groups is 2. The van der Waals surface area contributed by atoms with Crippen LogP contribution in [0.15, 0.2) is 70.5 Å². The van der Waals surface area contributed by atoms with Crippen LogP contribution in [0.4, 0.5) is 5.69 Å². The number of rotatable bonds is 6. The average Bonchev–Trinajstić information content (AvgIpc) is 3.76. The molecule has 7 unspecified atom stereocenters. The number of nitrogens with one attached hydrogen (secondary N) is 1. The molecular weight excluding hydrogens is 651 g/mol. The van der Waals surface area contributed by atoms with Crippen molar-refractivity contribution in [2.75, 3.05) is 12.0 Å². The highest BCUT2D eigenvalue weighted by atomic mass is 35.5. The van der Waals surface area contributed by atoms with Gasteiger partial charge < -0.3 is 14.5 Å². The fourth-order valence-corrected chi connectivity index (χ4v) is 11.5. The van der Waals surface area contributed by atoms with Crippen LogP contribution >= 0.6 is 46.3 Å². The van der Waals surface area contributed by atoms with Gasteiger partial charge in [-0.25, -0.2) is 0 Å². The summed E-state index contributed by atoms with van der Waals surface area (Å²) >= 11 is 15.3. The van der Waals surface area contributed by atoms with E-state index in [0.29, 0.717) is 27.2 Å². The Bertz CT molecular complexity index is 1920. The highest BCUT2D eigenvalue weighted by molar-refractivity contribution is 8.00. The van der Waals surface area contributed by atoms with E-state index in [4.69, 9.17) is 32.7 Å². The average molecular weight is 680 g/mol. The molecule has 0 radical (unpaired) electrons. The maximum atomic E-state index is 14.0. The van der Waals surface area contributed by atoms with Crippen LogP contribution in [0.1, 0.15) is 33.9 Å². The van der Waals surface area contributed by atoms with Crippen molar-refractivity contribution in [1.82, 2.24) is 4.98 Å². The Balaban J connectivity index is 1.14. The fourth-order valence-electron chi connectivity index (χ4n) is 8.13. The number of aryl methyl sites for hydroxylation is 1. The zero-order valence-electron chi connectivity index (χ0n) is 24.3. The number of anilines is 1. The molecule has 4 aliphatic rings. The van der Waals surface area contributed by atoms with E-state index in [1.165, 1.54) is 16.2 Å². The van der Waals surface area contributed by atoms with E-state index in [2.05, 4.69) is 4.98 Å². The summed E-state index contributed by atoms with van der Waals surface area (Å²) < 4.78 is 11.9. The van der Waals surface area contributed by atoms with Crippen molar-refractivity contribution in [3.05, 3.63) is 102 Å². The molecular formula is C34H28Cl2N2O5S2. The largest absolute Gasteiger partial charge is 0.493 e. The van der Waals surface area contributed by atoms with Crippen molar-refractivity contribution >= 4 is 63.8 Å². The maximum Gasteiger partial charge on any atom is 0.305 e. The smallest absolute Gasteiger partial charge is 0.305 e. The number of hydrogen-bond acceptors (Lipinski definition) is 7. The molecule has 2 saturated carbocycles. The van der Waals surface area contributed by atoms with Gasteiger partial charge >= 0.3 is 4.87 Å². The Morgan fingerprint density at radius 2 is 1.69 bits per heavy atom. The molecule has 1 N–H and O–H groups in total. The van der Waals surface area contributed by atoms with Crippen LogP contribution in [-0.2, 0) is 16.2 Å². The molecule has 1 aromatic heterocycles. The number of thiazole rings is 1. The molecule has 3 aromatic carbocycles. The Morgan fingerprint density at radius 1 is 0.933 bits per heavy atom. The second kappa shape index (κ2) is 10.9. The lowest BCUT2D eigenvalue weighted by Crippen LogP contribution is -2.42. The number of H-pyrrole nitrogens is 1. The molecule has 230 valence electrons. The van der Waals surface area contributed by atoms with E-state index in [1.54, 1.807) is 31.0 Å². The lowest BCUT2D eigenvalue weighted by atomic mass is 9.68. The summed E-state index contributed by atoms with van der Waals surface area (Å²) in [7, 11) is 1.60. The number of hydrogen-bond donors (Lipinski definition) is 1. The van der Waals surface area contributed by atoms with Crippen LogP contribution in [0.3, 0.4) is 0 Å². The molecule has 11 heteroatoms. The maximum absolute atomic E-state index is 14.0. The predicted molar refractivity (Wildman–Crippen MR) is 176 cm³/mol. The van der Waals surface area contributed by atoms with E-state index < -0.39 is 0 Å². The van der Waals surface area contributed by atoms with Gasteiger partial charge in [-0.1, -0.05) is 64.4 Å². The van der Waals surface area contributed by atoms with Crippen LogP contribution in [-0.4, -0.2) is 29.2 Å². The van der Waals surface area contributed by atoms with Crippen molar-refractivity contribution in [3.8, 4) is 11.5 Å². The predicted octanol–water partition coefficient (Wildman–Crippen LogP) is 7.32. The summed E-state index contributed by atoms with van der Waals surface area (Å²) in [6, 6.07) is 18.8. The van der Waals surface area contributed by atoms with Crippen molar-refractivity contribution in [1.29, 1.82) is 0 Å². The normalized spacial score (nSPS) is 27.8. The van der Waals surface area contributed by atoms with E-state index >= 15 is 0 Å². The third-order valence-corrected chi connectivity index (χ3v) is 13.1. The summed E-state index contributed by atoms with van der Waals surface area (Å²) in [6.07, 6.45) is 0.826. The molecule has 2 bridgehead atoms. The molecule has 7 nitrogen and oxygen atoms in total. The lowest BCUT2D eigenvalue weighted by Gasteiger charge is -2.43. The summed E-state index contributed by atoms with van der Waals surface area (Å²) in [5.41, 5.74) is 3.50. The number of thioether (sulfide) groups is 1. The first-order valence-electron chi connectivity index (χ1n) is 14.8. The molecule has 8 rings (SSSR count). The van der Waals surface area contributed by atoms with Gasteiger partial charge in [0.1, 0.15) is 6.61 Å². The van der Waals surface area contributed by atoms with Crippen LogP contribution in [0, 0.1) is 36.5 Å². The van der Waals surface area contributed by atoms with Gasteiger partial charge in [-0.3, -0.25) is 19.3 Å². The van der Waals surface area contributed by atoms with Gasteiger partial charge in [0, 0.05) is 31.7 Å². The number of fused-ring (bicyclic) bond motifs is 9. The monoisotopic (exact) mass is 678 g/mol. The molecule has 3 fully saturated rings. The molecule has 7 atom stereocenters. The van der Waals surface area contributed by atoms with Crippen LogP contribution in [0.5, 0.6) is 11.5 Å². The molecule has 45 heavy (non-hydrogen) atoms. The molecule has 1 saturated heterocycles. The van der Waals surface area contributed by atoms with Gasteiger partial charge in [0.2, 0.25) is 11.8 Å². The number of aromatic amines is 1. The summed E-state index contributed by atoms with van der Waals surface area (Å²) in [6.45, 7) is 2.22. The minimum atomic E-state index is -0.362. The van der Waals surface area contributed by atoms with Gasteiger partial charge in [-0.15, -0.1) is 11.8 Å². The van der Waals surface area contributed by atoms with Gasteiger partial charge in [0.15, 0.2) is 11.5 Å². The minimum Gasteiger partial charge on any atom is -0.493 e. The number of nitrogens with zero attached hydrogens (tertiary/aromatic N) is 1. The third-order valence-electron chi connectivity index (χ3n) is 9.96. The molecule has 3 heterocycles. The zero-order chi connectivity index (χ0) is 31.1. The highest BCUT2D eigenvalue weighted by Crippen LogP contribution is 2.68. The first-order chi connectivity index (χ1) is 21.7. The van der Waals surface area contributed by atoms with Crippen LogP contribution in [0.25, 0.3) is 0 Å². The lowest BCUT2D eigenvalue weighted by molar-refractivity contribution is -0.123. The molecule has 2 aliphatic carbocycles. The Hall–Kier alpha value is -3.24. The number of aromatic nitrogens is 1. The molecule has 2 amide bonds. The Labute approximate surface area is 277 Å². The van der Waals surface area contributed by atoms with Crippen LogP contribution in [0.2, 0.25) is 10.0 Å². The molecule has 2 aliphatic heterocycles. The van der Waals surface area contributed by atoms with Gasteiger partial charge in [0.05, 0.1) is 29.7 Å². The van der Waals surface area contributed by atoms with E-state index in [0.717, 1.165) is 33.0 Å². The van der Waals surface area contributed by atoms with Gasteiger partial charge in [-0.2, -0.15) is 0 Å². The fraction of sp³-hybridized carbons (Fsp3) is 0.324. The number of halogens is 2. The van der Waals surface area contributed by atoms with E-state index in [-0.39, 0.29) is 64.1 Å². The zero-order valence-corrected chi connectivity index (χ0v) is 27.4. The number of benzene rings is 3. The first kappa shape index (κ1) is 29.2. The van der Waals surface area contributed by atoms with E-state index in [9.17, 15) is 14.4 Å². The topological polar surface area (TPSA) is 88.7 Å². The second-order valence-corrected chi connectivity index (χ2v) is 15.3. The van der Waals surface area contributed by atoms with E-state index in [1.807, 2.05) is 55.5 Å². The first-order valence-corrected chi connectivity index (χ1v) is 17.3. The standard InChI is InChI=1S/C34H28Cl2N2O5S2/c1-15-3-8-19(9-4-15)38-32(39)27-20-13-21(28(27)33(38)40)29-26(20)25(30-31(44-29)37-34(41)45-30)16-6-10-23(24(11-16)42-2)43-14-17-5-7-18(35)12-22(17)36/h3-12,20-21,25-29H,13-14H2,1-2H3,(H,37,41). The van der Waals surface area contributed by atoms with Crippen molar-refractivity contribution in [2.45, 2.75) is 36.1 Å². The SMILES string of the molecule is COc1cc(C2c3sc(=O)[nH]c3SC3C4CC(C5C(=O)N(c6ccc(C)cc6)C(=O)C45)C23)ccc1OCc1ccc(Cl)cc1Cl. The summed E-state index contributed by atoms with van der Waals surface area (Å²) in [5.74, 6) is 0.266. The number of imide groups is 1. The van der Waals surface area contributed by atoms with Crippen LogP contribution < -0.4 is 19.2 Å². The number of ether oxygens (including phenoxy) is 2. The minimum absolute atomic E-state index is 0.0220. The summed E-state index contributed by atoms with van der Waals surface area (Å²) in [4.78, 5) is 45.9. The number of methoxy groups -OCH3 is 1.